The van der Waals surface area contributed by atoms with Crippen molar-refractivity contribution >= 4 is 17.9 Å². The van der Waals surface area contributed by atoms with Crippen molar-refractivity contribution in [2.75, 3.05) is 13.2 Å². The van der Waals surface area contributed by atoms with Gasteiger partial charge in [-0.15, -0.1) is 0 Å². The number of carbonyl (C=O) groups excluding carboxylic acids is 3. The Kier molecular flexibility index (Phi) is 50.5. The molecular weight excluding hydrogens is 805 g/mol. The fraction of sp³-hybridized carbons (Fsp3) is 0.949. The highest BCUT2D eigenvalue weighted by Gasteiger charge is 2.19. The van der Waals surface area contributed by atoms with Crippen molar-refractivity contribution < 1.29 is 28.6 Å². The Morgan fingerprint density at radius 3 is 0.754 bits per heavy atom. The molecule has 0 saturated heterocycles. The maximum Gasteiger partial charge on any atom is 0.306 e. The molecule has 0 heterocycles. The average Bonchev–Trinajstić information content (AvgIpc) is 3.28. The smallest absolute Gasteiger partial charge is 0.306 e. The van der Waals surface area contributed by atoms with Crippen molar-refractivity contribution in [1.82, 2.24) is 0 Å². The van der Waals surface area contributed by atoms with Crippen LogP contribution in [0.1, 0.15) is 330 Å². The van der Waals surface area contributed by atoms with Gasteiger partial charge < -0.3 is 14.2 Å². The molecule has 0 aliphatic heterocycles. The molecule has 0 aromatic heterocycles. The van der Waals surface area contributed by atoms with Crippen LogP contribution in [0.3, 0.4) is 0 Å². The van der Waals surface area contributed by atoms with E-state index in [0.717, 1.165) is 69.6 Å². The lowest BCUT2D eigenvalue weighted by Gasteiger charge is -2.18. The van der Waals surface area contributed by atoms with Gasteiger partial charge in [0.05, 0.1) is 0 Å². The Labute approximate surface area is 406 Å². The maximum atomic E-state index is 12.8. The van der Waals surface area contributed by atoms with Gasteiger partial charge in [-0.3, -0.25) is 14.4 Å². The van der Waals surface area contributed by atoms with Crippen molar-refractivity contribution in [2.24, 2.45) is 11.8 Å². The SMILES string of the molecule is CCCCCCCCCCCCCCCCCCCC(=O)OC[C@@H](COC(=O)CCCCCCCCCCCCCCCCCC(C)C)OC(=O)CCCCCCCCCCCC(C)C. The number of hydrogen-bond donors (Lipinski definition) is 0. The highest BCUT2D eigenvalue weighted by atomic mass is 16.6. The van der Waals surface area contributed by atoms with Crippen LogP contribution in [0.25, 0.3) is 0 Å². The van der Waals surface area contributed by atoms with E-state index in [1.807, 2.05) is 0 Å². The first-order chi connectivity index (χ1) is 31.7. The van der Waals surface area contributed by atoms with Gasteiger partial charge in [0.1, 0.15) is 13.2 Å². The lowest BCUT2D eigenvalue weighted by Crippen LogP contribution is -2.30. The van der Waals surface area contributed by atoms with Crippen LogP contribution >= 0.6 is 0 Å². The van der Waals surface area contributed by atoms with Gasteiger partial charge in [-0.2, -0.15) is 0 Å². The first-order valence-corrected chi connectivity index (χ1v) is 29.2. The van der Waals surface area contributed by atoms with Crippen LogP contribution in [-0.2, 0) is 28.6 Å². The molecule has 0 amide bonds. The van der Waals surface area contributed by atoms with Crippen molar-refractivity contribution in [3.8, 4) is 0 Å². The molecule has 0 radical (unpaired) electrons. The zero-order valence-electron chi connectivity index (χ0n) is 44.6. The molecule has 0 unspecified atom stereocenters. The van der Waals surface area contributed by atoms with Gasteiger partial charge in [0.25, 0.3) is 0 Å². The quantitative estimate of drug-likeness (QED) is 0.0344. The summed E-state index contributed by atoms with van der Waals surface area (Å²) in [5.74, 6) is 0.815. The summed E-state index contributed by atoms with van der Waals surface area (Å²) in [5, 5.41) is 0. The molecule has 0 bridgehead atoms. The van der Waals surface area contributed by atoms with E-state index in [2.05, 4.69) is 34.6 Å². The Morgan fingerprint density at radius 1 is 0.292 bits per heavy atom. The van der Waals surface area contributed by atoms with E-state index in [-0.39, 0.29) is 31.1 Å². The van der Waals surface area contributed by atoms with Crippen molar-refractivity contribution in [1.29, 1.82) is 0 Å². The molecule has 0 aromatic carbocycles. The molecule has 65 heavy (non-hydrogen) atoms. The molecule has 0 aromatic rings. The predicted molar refractivity (Wildman–Crippen MR) is 280 cm³/mol. The standard InChI is InChI=1S/C59H114O6/c1-6-7-8-9-10-11-12-13-14-15-18-21-24-29-34-39-44-49-57(60)63-52-56(65-59(62)51-46-41-36-31-26-28-33-38-43-48-55(4)5)53-64-58(61)50-45-40-35-30-25-22-19-16-17-20-23-27-32-37-42-47-54(2)3/h54-56H,6-53H2,1-5H3/t56-/m0/s1. The summed E-state index contributed by atoms with van der Waals surface area (Å²) >= 11 is 0. The first kappa shape index (κ1) is 63.4. The molecule has 0 aliphatic carbocycles. The third-order valence-electron chi connectivity index (χ3n) is 13.5. The first-order valence-electron chi connectivity index (χ1n) is 29.2. The van der Waals surface area contributed by atoms with E-state index < -0.39 is 6.10 Å². The lowest BCUT2D eigenvalue weighted by atomic mass is 10.0. The fourth-order valence-electron chi connectivity index (χ4n) is 9.05. The minimum Gasteiger partial charge on any atom is -0.462 e. The third-order valence-corrected chi connectivity index (χ3v) is 13.5. The zero-order valence-corrected chi connectivity index (χ0v) is 44.6. The van der Waals surface area contributed by atoms with Crippen LogP contribution in [0.15, 0.2) is 0 Å². The van der Waals surface area contributed by atoms with Crippen LogP contribution in [0.4, 0.5) is 0 Å². The zero-order chi connectivity index (χ0) is 47.5. The van der Waals surface area contributed by atoms with Crippen molar-refractivity contribution in [3.63, 3.8) is 0 Å². The second-order valence-electron chi connectivity index (χ2n) is 21.2. The highest BCUT2D eigenvalue weighted by Crippen LogP contribution is 2.18. The molecule has 1 atom stereocenters. The number of hydrogen-bond acceptors (Lipinski definition) is 6. The molecule has 0 rings (SSSR count). The molecule has 0 spiro atoms. The Morgan fingerprint density at radius 2 is 0.508 bits per heavy atom. The van der Waals surface area contributed by atoms with Crippen molar-refractivity contribution in [3.05, 3.63) is 0 Å². The third kappa shape index (κ3) is 53.2. The Hall–Kier alpha value is -1.59. The second kappa shape index (κ2) is 51.8. The summed E-state index contributed by atoms with van der Waals surface area (Å²) in [7, 11) is 0. The normalized spacial score (nSPS) is 12.0. The molecule has 0 saturated carbocycles. The maximum absolute atomic E-state index is 12.8. The molecule has 0 fully saturated rings. The molecule has 0 N–H and O–H groups in total. The van der Waals surface area contributed by atoms with E-state index in [0.29, 0.717) is 19.3 Å². The van der Waals surface area contributed by atoms with Gasteiger partial charge in [-0.1, -0.05) is 291 Å². The van der Waals surface area contributed by atoms with Crippen LogP contribution in [0, 0.1) is 11.8 Å². The minimum atomic E-state index is -0.763. The van der Waals surface area contributed by atoms with E-state index in [4.69, 9.17) is 14.2 Å². The number of rotatable bonds is 53. The Bertz CT molecular complexity index is 993. The van der Waals surface area contributed by atoms with Gasteiger partial charge in [0, 0.05) is 19.3 Å². The Balaban J connectivity index is 4.26. The largest absolute Gasteiger partial charge is 0.462 e. The summed E-state index contributed by atoms with van der Waals surface area (Å²) < 4.78 is 16.9. The van der Waals surface area contributed by atoms with Crippen LogP contribution in [0.2, 0.25) is 0 Å². The summed E-state index contributed by atoms with van der Waals surface area (Å²) in [6.45, 7) is 11.4. The molecule has 6 heteroatoms. The second-order valence-corrected chi connectivity index (χ2v) is 21.2. The number of esters is 3. The summed E-state index contributed by atoms with van der Waals surface area (Å²) in [6.07, 6.45) is 55.3. The molecule has 386 valence electrons. The van der Waals surface area contributed by atoms with E-state index >= 15 is 0 Å². The van der Waals surface area contributed by atoms with Crippen LogP contribution in [0.5, 0.6) is 0 Å². The van der Waals surface area contributed by atoms with Gasteiger partial charge >= 0.3 is 17.9 Å². The number of carbonyl (C=O) groups is 3. The summed E-state index contributed by atoms with van der Waals surface area (Å²) in [6, 6.07) is 0. The van der Waals surface area contributed by atoms with E-state index in [1.165, 1.54) is 218 Å². The summed E-state index contributed by atoms with van der Waals surface area (Å²) in [5.41, 5.74) is 0. The topological polar surface area (TPSA) is 78.9 Å². The van der Waals surface area contributed by atoms with E-state index in [1.54, 1.807) is 0 Å². The molecule has 6 nitrogen and oxygen atoms in total. The van der Waals surface area contributed by atoms with Crippen molar-refractivity contribution in [2.45, 2.75) is 336 Å². The molecular formula is C59H114O6. The minimum absolute atomic E-state index is 0.0629. The van der Waals surface area contributed by atoms with Gasteiger partial charge in [0.2, 0.25) is 0 Å². The number of ether oxygens (including phenoxy) is 3. The van der Waals surface area contributed by atoms with Crippen LogP contribution in [-0.4, -0.2) is 37.2 Å². The van der Waals surface area contributed by atoms with Gasteiger partial charge in [-0.05, 0) is 31.1 Å². The monoisotopic (exact) mass is 919 g/mol. The van der Waals surface area contributed by atoms with E-state index in [9.17, 15) is 14.4 Å². The van der Waals surface area contributed by atoms with Gasteiger partial charge in [-0.25, -0.2) is 0 Å². The fourth-order valence-corrected chi connectivity index (χ4v) is 9.05. The van der Waals surface area contributed by atoms with Gasteiger partial charge in [0.15, 0.2) is 6.10 Å². The average molecular weight is 920 g/mol. The number of unbranched alkanes of at least 4 members (excludes halogenated alkanes) is 38. The lowest BCUT2D eigenvalue weighted by molar-refractivity contribution is -0.167. The van der Waals surface area contributed by atoms with Crippen LogP contribution < -0.4 is 0 Å². The summed E-state index contributed by atoms with van der Waals surface area (Å²) in [4.78, 5) is 38.1. The predicted octanol–water partition coefficient (Wildman–Crippen LogP) is 19.3. The highest BCUT2D eigenvalue weighted by molar-refractivity contribution is 5.71. The molecule has 0 aliphatic rings.